The van der Waals surface area contributed by atoms with Crippen molar-refractivity contribution in [2.24, 2.45) is 5.92 Å². The molecule has 150 valence electrons. The number of carbonyl (C=O) groups is 1. The minimum Gasteiger partial charge on any atom is -0.348 e. The number of carbonyl (C=O) groups excluding carboxylic acids is 1. The lowest BCUT2D eigenvalue weighted by Gasteiger charge is -2.45. The zero-order valence-corrected chi connectivity index (χ0v) is 17.6. The first kappa shape index (κ1) is 19.4. The van der Waals surface area contributed by atoms with Gasteiger partial charge in [-0.1, -0.05) is 6.42 Å². The SMILES string of the molecule is CN(CC1CCCN2CCCCC12)C(=O)CC1(n2cccc2)CCSCC1. The Bertz CT molecular complexity index is 609. The summed E-state index contributed by atoms with van der Waals surface area (Å²) in [4.78, 5) is 18.0. The van der Waals surface area contributed by atoms with Crippen LogP contribution in [-0.2, 0) is 10.3 Å². The summed E-state index contributed by atoms with van der Waals surface area (Å²) in [7, 11) is 2.05. The Labute approximate surface area is 168 Å². The molecule has 0 bridgehead atoms. The molecule has 1 aromatic heterocycles. The summed E-state index contributed by atoms with van der Waals surface area (Å²) < 4.78 is 2.32. The summed E-state index contributed by atoms with van der Waals surface area (Å²) in [5, 5.41) is 0. The molecule has 2 unspecified atom stereocenters. The Hall–Kier alpha value is -0.940. The molecule has 0 radical (unpaired) electrons. The van der Waals surface area contributed by atoms with Crippen molar-refractivity contribution < 1.29 is 4.79 Å². The molecule has 0 spiro atoms. The third kappa shape index (κ3) is 4.24. The number of piperidine rings is 2. The Morgan fingerprint density at radius 1 is 1.11 bits per heavy atom. The van der Waals surface area contributed by atoms with E-state index in [1.165, 1.54) is 45.2 Å². The molecule has 27 heavy (non-hydrogen) atoms. The van der Waals surface area contributed by atoms with Crippen LogP contribution in [0.4, 0.5) is 0 Å². The van der Waals surface area contributed by atoms with Crippen LogP contribution in [0.15, 0.2) is 24.5 Å². The van der Waals surface area contributed by atoms with Crippen LogP contribution in [0, 0.1) is 5.92 Å². The molecule has 1 amide bonds. The highest BCUT2D eigenvalue weighted by Gasteiger charge is 2.38. The molecule has 0 N–H and O–H groups in total. The first-order valence-electron chi connectivity index (χ1n) is 10.9. The Morgan fingerprint density at radius 3 is 2.63 bits per heavy atom. The zero-order valence-electron chi connectivity index (χ0n) is 16.8. The molecular formula is C22H35N3OS. The van der Waals surface area contributed by atoms with Gasteiger partial charge < -0.3 is 14.4 Å². The third-order valence-corrected chi connectivity index (χ3v) is 8.20. The number of aromatic nitrogens is 1. The molecule has 3 aliphatic rings. The fourth-order valence-corrected chi connectivity index (χ4v) is 6.84. The van der Waals surface area contributed by atoms with Crippen molar-refractivity contribution in [2.75, 3.05) is 38.2 Å². The van der Waals surface area contributed by atoms with E-state index in [0.29, 0.717) is 24.3 Å². The number of amides is 1. The van der Waals surface area contributed by atoms with Crippen LogP contribution in [-0.4, -0.2) is 64.5 Å². The Morgan fingerprint density at radius 2 is 1.85 bits per heavy atom. The molecule has 4 rings (SSSR count). The lowest BCUT2D eigenvalue weighted by atomic mass is 9.83. The van der Waals surface area contributed by atoms with Crippen molar-refractivity contribution in [1.29, 1.82) is 0 Å². The van der Waals surface area contributed by atoms with E-state index in [2.05, 4.69) is 38.9 Å². The van der Waals surface area contributed by atoms with Gasteiger partial charge in [-0.2, -0.15) is 11.8 Å². The predicted octanol–water partition coefficient (Wildman–Crippen LogP) is 3.82. The quantitative estimate of drug-likeness (QED) is 0.766. The maximum Gasteiger partial charge on any atom is 0.224 e. The average molecular weight is 390 g/mol. The zero-order chi connectivity index (χ0) is 18.7. The van der Waals surface area contributed by atoms with E-state index in [1.54, 1.807) is 0 Å². The number of fused-ring (bicyclic) bond motifs is 1. The van der Waals surface area contributed by atoms with Gasteiger partial charge in [-0.3, -0.25) is 4.79 Å². The molecule has 1 aromatic rings. The van der Waals surface area contributed by atoms with Crippen molar-refractivity contribution in [3.63, 3.8) is 0 Å². The summed E-state index contributed by atoms with van der Waals surface area (Å²) in [6.07, 6.45) is 13.8. The van der Waals surface area contributed by atoms with Gasteiger partial charge in [0, 0.05) is 32.0 Å². The second-order valence-electron chi connectivity index (χ2n) is 8.88. The van der Waals surface area contributed by atoms with Crippen LogP contribution in [0.3, 0.4) is 0 Å². The Balaban J connectivity index is 1.41. The first-order valence-corrected chi connectivity index (χ1v) is 12.0. The predicted molar refractivity (Wildman–Crippen MR) is 113 cm³/mol. The van der Waals surface area contributed by atoms with Crippen molar-refractivity contribution in [3.05, 3.63) is 24.5 Å². The maximum absolute atomic E-state index is 13.2. The highest BCUT2D eigenvalue weighted by atomic mass is 32.2. The molecule has 3 fully saturated rings. The average Bonchev–Trinajstić information content (AvgIpc) is 3.24. The first-order chi connectivity index (χ1) is 13.2. The lowest BCUT2D eigenvalue weighted by molar-refractivity contribution is -0.133. The van der Waals surface area contributed by atoms with Crippen LogP contribution in [0.5, 0.6) is 0 Å². The molecular weight excluding hydrogens is 354 g/mol. The number of rotatable bonds is 5. The highest BCUT2D eigenvalue weighted by Crippen LogP contribution is 2.38. The van der Waals surface area contributed by atoms with Gasteiger partial charge in [0.1, 0.15) is 0 Å². The van der Waals surface area contributed by atoms with Gasteiger partial charge in [0.05, 0.1) is 12.0 Å². The topological polar surface area (TPSA) is 28.5 Å². The third-order valence-electron chi connectivity index (χ3n) is 7.22. The fraction of sp³-hybridized carbons (Fsp3) is 0.773. The van der Waals surface area contributed by atoms with Gasteiger partial charge in [-0.05, 0) is 81.2 Å². The van der Waals surface area contributed by atoms with Gasteiger partial charge >= 0.3 is 0 Å². The number of hydrogen-bond donors (Lipinski definition) is 0. The van der Waals surface area contributed by atoms with Gasteiger partial charge in [-0.15, -0.1) is 0 Å². The summed E-state index contributed by atoms with van der Waals surface area (Å²) >= 11 is 2.03. The van der Waals surface area contributed by atoms with Crippen LogP contribution >= 0.6 is 11.8 Å². The highest BCUT2D eigenvalue weighted by molar-refractivity contribution is 7.99. The second kappa shape index (κ2) is 8.60. The van der Waals surface area contributed by atoms with Gasteiger partial charge in [0.25, 0.3) is 0 Å². The molecule has 0 aromatic carbocycles. The van der Waals surface area contributed by atoms with Gasteiger partial charge in [0.15, 0.2) is 0 Å². The van der Waals surface area contributed by atoms with E-state index in [1.807, 2.05) is 18.8 Å². The summed E-state index contributed by atoms with van der Waals surface area (Å²) in [6.45, 7) is 3.48. The van der Waals surface area contributed by atoms with E-state index in [-0.39, 0.29) is 5.54 Å². The molecule has 0 saturated carbocycles. The maximum atomic E-state index is 13.2. The monoisotopic (exact) mass is 389 g/mol. The largest absolute Gasteiger partial charge is 0.348 e. The molecule has 3 aliphatic heterocycles. The number of hydrogen-bond acceptors (Lipinski definition) is 3. The molecule has 4 heterocycles. The molecule has 5 heteroatoms. The van der Waals surface area contributed by atoms with Crippen LogP contribution in [0.25, 0.3) is 0 Å². The van der Waals surface area contributed by atoms with Gasteiger partial charge in [-0.25, -0.2) is 0 Å². The van der Waals surface area contributed by atoms with E-state index in [9.17, 15) is 4.79 Å². The molecule has 4 nitrogen and oxygen atoms in total. The Kier molecular flexibility index (Phi) is 6.18. The standard InChI is InChI=1S/C22H35N3OS/c1-23(18-19-7-6-12-24-11-3-2-8-20(19)24)21(26)17-22(9-15-27-16-10-22)25-13-4-5-14-25/h4-5,13-14,19-20H,2-3,6-12,15-18H2,1H3. The summed E-state index contributed by atoms with van der Waals surface area (Å²) in [5.41, 5.74) is -0.0104. The minimum atomic E-state index is -0.0104. The molecule has 3 saturated heterocycles. The number of nitrogens with zero attached hydrogens (tertiary/aromatic N) is 3. The molecule has 2 atom stereocenters. The van der Waals surface area contributed by atoms with Gasteiger partial charge in [0.2, 0.25) is 5.91 Å². The van der Waals surface area contributed by atoms with Crippen molar-refractivity contribution >= 4 is 17.7 Å². The molecule has 0 aliphatic carbocycles. The number of thioether (sulfide) groups is 1. The summed E-state index contributed by atoms with van der Waals surface area (Å²) in [5.74, 6) is 3.32. The fourth-order valence-electron chi connectivity index (χ4n) is 5.59. The van der Waals surface area contributed by atoms with Crippen LogP contribution < -0.4 is 0 Å². The second-order valence-corrected chi connectivity index (χ2v) is 10.1. The van der Waals surface area contributed by atoms with E-state index >= 15 is 0 Å². The minimum absolute atomic E-state index is 0.0104. The van der Waals surface area contributed by atoms with E-state index in [0.717, 1.165) is 30.9 Å². The summed E-state index contributed by atoms with van der Waals surface area (Å²) in [6, 6.07) is 4.90. The smallest absolute Gasteiger partial charge is 0.224 e. The van der Waals surface area contributed by atoms with E-state index < -0.39 is 0 Å². The van der Waals surface area contributed by atoms with Crippen LogP contribution in [0.1, 0.15) is 51.4 Å². The van der Waals surface area contributed by atoms with Crippen molar-refractivity contribution in [2.45, 2.75) is 62.9 Å². The van der Waals surface area contributed by atoms with Crippen molar-refractivity contribution in [3.8, 4) is 0 Å². The van der Waals surface area contributed by atoms with Crippen LogP contribution in [0.2, 0.25) is 0 Å². The normalized spacial score (nSPS) is 28.5. The van der Waals surface area contributed by atoms with Crippen molar-refractivity contribution in [1.82, 2.24) is 14.4 Å². The van der Waals surface area contributed by atoms with E-state index in [4.69, 9.17) is 0 Å². The lowest BCUT2D eigenvalue weighted by Crippen LogP contribution is -2.51.